The van der Waals surface area contributed by atoms with Gasteiger partial charge in [-0.1, -0.05) is 5.57 Å². The summed E-state index contributed by atoms with van der Waals surface area (Å²) in [5.41, 5.74) is 0.103. The molecule has 0 atom stereocenters. The molecule has 0 spiro atoms. The highest BCUT2D eigenvalue weighted by molar-refractivity contribution is 5.95. The van der Waals surface area contributed by atoms with E-state index in [4.69, 9.17) is 5.11 Å². The third-order valence-electron chi connectivity index (χ3n) is 3.10. The Bertz CT molecular complexity index is 338. The molecule has 2 aliphatic rings. The largest absolute Gasteiger partial charge is 0.480 e. The van der Waals surface area contributed by atoms with Crippen molar-refractivity contribution in [3.8, 4) is 0 Å². The van der Waals surface area contributed by atoms with Gasteiger partial charge in [0.2, 0.25) is 5.91 Å². The lowest BCUT2D eigenvalue weighted by Gasteiger charge is -2.10. The Kier molecular flexibility index (Phi) is 2.29. The van der Waals surface area contributed by atoms with Crippen LogP contribution >= 0.6 is 0 Å². The van der Waals surface area contributed by atoms with E-state index in [0.717, 1.165) is 18.4 Å². The SMILES string of the molecule is CC(=CC(=O)NC1(C(=O)O)CC1)C1CC1. The predicted molar refractivity (Wildman–Crippen MR) is 54.2 cm³/mol. The monoisotopic (exact) mass is 209 g/mol. The van der Waals surface area contributed by atoms with Crippen LogP contribution in [0.1, 0.15) is 32.6 Å². The van der Waals surface area contributed by atoms with Crippen molar-refractivity contribution in [3.63, 3.8) is 0 Å². The lowest BCUT2D eigenvalue weighted by atomic mass is 10.2. The highest BCUT2D eigenvalue weighted by Gasteiger charge is 2.51. The lowest BCUT2D eigenvalue weighted by molar-refractivity contribution is -0.142. The average Bonchev–Trinajstić information content (AvgIpc) is 2.99. The fourth-order valence-electron chi connectivity index (χ4n) is 1.65. The zero-order valence-electron chi connectivity index (χ0n) is 8.75. The van der Waals surface area contributed by atoms with Crippen molar-refractivity contribution in [3.05, 3.63) is 11.6 Å². The zero-order chi connectivity index (χ0) is 11.1. The first-order chi connectivity index (χ1) is 7.03. The maximum absolute atomic E-state index is 11.5. The van der Waals surface area contributed by atoms with Gasteiger partial charge in [-0.2, -0.15) is 0 Å². The number of rotatable bonds is 4. The van der Waals surface area contributed by atoms with Crippen LogP contribution in [0, 0.1) is 5.92 Å². The number of carboxylic acid groups (broad SMARTS) is 1. The number of aliphatic carboxylic acids is 1. The van der Waals surface area contributed by atoms with Crippen LogP contribution in [-0.2, 0) is 9.59 Å². The molecule has 0 radical (unpaired) electrons. The second-order valence-electron chi connectivity index (χ2n) is 4.54. The summed E-state index contributed by atoms with van der Waals surface area (Å²) >= 11 is 0. The van der Waals surface area contributed by atoms with E-state index in [9.17, 15) is 9.59 Å². The van der Waals surface area contributed by atoms with Crippen molar-refractivity contribution in [2.75, 3.05) is 0 Å². The van der Waals surface area contributed by atoms with Crippen LogP contribution < -0.4 is 5.32 Å². The van der Waals surface area contributed by atoms with Crippen molar-refractivity contribution in [2.24, 2.45) is 5.92 Å². The third kappa shape index (κ3) is 2.19. The Morgan fingerprint density at radius 3 is 2.40 bits per heavy atom. The van der Waals surface area contributed by atoms with E-state index in [2.05, 4.69) is 5.32 Å². The fraction of sp³-hybridized carbons (Fsp3) is 0.636. The standard InChI is InChI=1S/C11H15NO3/c1-7(8-2-3-8)6-9(13)12-11(4-5-11)10(14)15/h6,8H,2-5H2,1H3,(H,12,13)(H,14,15). The molecular formula is C11H15NO3. The first kappa shape index (κ1) is 10.2. The number of allylic oxidation sites excluding steroid dienone is 1. The molecule has 0 saturated heterocycles. The Balaban J connectivity index is 1.92. The minimum atomic E-state index is -0.961. The van der Waals surface area contributed by atoms with Gasteiger partial charge in [0.15, 0.2) is 0 Å². The maximum atomic E-state index is 11.5. The molecule has 1 amide bonds. The molecule has 15 heavy (non-hydrogen) atoms. The van der Waals surface area contributed by atoms with Gasteiger partial charge < -0.3 is 10.4 Å². The normalized spacial score (nSPS) is 23.4. The fourth-order valence-corrected chi connectivity index (χ4v) is 1.65. The molecule has 2 saturated carbocycles. The third-order valence-corrected chi connectivity index (χ3v) is 3.10. The summed E-state index contributed by atoms with van der Waals surface area (Å²) in [4.78, 5) is 22.3. The molecule has 0 heterocycles. The van der Waals surface area contributed by atoms with Crippen LogP contribution in [0.3, 0.4) is 0 Å². The minimum absolute atomic E-state index is 0.265. The van der Waals surface area contributed by atoms with E-state index in [1.165, 1.54) is 0 Å². The van der Waals surface area contributed by atoms with Crippen LogP contribution in [0.25, 0.3) is 0 Å². The van der Waals surface area contributed by atoms with Gasteiger partial charge in [-0.3, -0.25) is 4.79 Å². The van der Waals surface area contributed by atoms with Crippen molar-refractivity contribution < 1.29 is 14.7 Å². The number of hydrogen-bond donors (Lipinski definition) is 2. The molecular weight excluding hydrogens is 194 g/mol. The molecule has 0 bridgehead atoms. The van der Waals surface area contributed by atoms with Crippen LogP contribution in [0.4, 0.5) is 0 Å². The number of amides is 1. The van der Waals surface area contributed by atoms with Crippen molar-refractivity contribution in [2.45, 2.75) is 38.1 Å². The first-order valence-electron chi connectivity index (χ1n) is 5.27. The summed E-state index contributed by atoms with van der Waals surface area (Å²) in [6.07, 6.45) is 4.94. The quantitative estimate of drug-likeness (QED) is 0.681. The van der Waals surface area contributed by atoms with E-state index in [1.807, 2.05) is 6.92 Å². The summed E-state index contributed by atoms with van der Waals surface area (Å²) in [6.45, 7) is 1.93. The lowest BCUT2D eigenvalue weighted by Crippen LogP contribution is -2.42. The molecule has 0 aromatic heterocycles. The molecule has 2 N–H and O–H groups in total. The topological polar surface area (TPSA) is 66.4 Å². The molecule has 4 heteroatoms. The Labute approximate surface area is 88.4 Å². The summed E-state index contributed by atoms with van der Waals surface area (Å²) in [5, 5.41) is 11.4. The zero-order valence-corrected chi connectivity index (χ0v) is 8.75. The number of hydrogen-bond acceptors (Lipinski definition) is 2. The Hall–Kier alpha value is -1.32. The number of carbonyl (C=O) groups excluding carboxylic acids is 1. The van der Waals surface area contributed by atoms with Crippen LogP contribution in [0.15, 0.2) is 11.6 Å². The molecule has 4 nitrogen and oxygen atoms in total. The van der Waals surface area contributed by atoms with E-state index in [1.54, 1.807) is 6.08 Å². The molecule has 2 aliphatic carbocycles. The Morgan fingerprint density at radius 2 is 2.00 bits per heavy atom. The molecule has 0 unspecified atom stereocenters. The smallest absolute Gasteiger partial charge is 0.329 e. The molecule has 82 valence electrons. The molecule has 2 rings (SSSR count). The first-order valence-corrected chi connectivity index (χ1v) is 5.27. The van der Waals surface area contributed by atoms with Gasteiger partial charge in [-0.15, -0.1) is 0 Å². The highest BCUT2D eigenvalue weighted by atomic mass is 16.4. The van der Waals surface area contributed by atoms with Crippen LogP contribution in [0.5, 0.6) is 0 Å². The van der Waals surface area contributed by atoms with E-state index >= 15 is 0 Å². The summed E-state index contributed by atoms with van der Waals surface area (Å²) in [5.74, 6) is -0.636. The highest BCUT2D eigenvalue weighted by Crippen LogP contribution is 2.37. The average molecular weight is 209 g/mol. The van der Waals surface area contributed by atoms with Gasteiger partial charge in [-0.25, -0.2) is 4.79 Å². The molecule has 0 aliphatic heterocycles. The second kappa shape index (κ2) is 3.36. The van der Waals surface area contributed by atoms with Crippen molar-refractivity contribution in [1.29, 1.82) is 0 Å². The van der Waals surface area contributed by atoms with Gasteiger partial charge in [-0.05, 0) is 38.5 Å². The van der Waals surface area contributed by atoms with Gasteiger partial charge in [0.25, 0.3) is 0 Å². The Morgan fingerprint density at radius 1 is 1.40 bits per heavy atom. The van der Waals surface area contributed by atoms with Crippen LogP contribution in [0.2, 0.25) is 0 Å². The summed E-state index contributed by atoms with van der Waals surface area (Å²) in [7, 11) is 0. The van der Waals surface area contributed by atoms with Gasteiger partial charge in [0.1, 0.15) is 5.54 Å². The number of carbonyl (C=O) groups is 2. The predicted octanol–water partition coefficient (Wildman–Crippen LogP) is 1.08. The van der Waals surface area contributed by atoms with Gasteiger partial charge in [0.05, 0.1) is 0 Å². The van der Waals surface area contributed by atoms with Gasteiger partial charge in [0, 0.05) is 6.08 Å². The van der Waals surface area contributed by atoms with Crippen molar-refractivity contribution >= 4 is 11.9 Å². The van der Waals surface area contributed by atoms with E-state index in [-0.39, 0.29) is 5.91 Å². The number of nitrogens with one attached hydrogen (secondary N) is 1. The molecule has 0 aromatic carbocycles. The maximum Gasteiger partial charge on any atom is 0.329 e. The molecule has 2 fully saturated rings. The van der Waals surface area contributed by atoms with Gasteiger partial charge >= 0.3 is 5.97 Å². The minimum Gasteiger partial charge on any atom is -0.480 e. The van der Waals surface area contributed by atoms with E-state index < -0.39 is 11.5 Å². The summed E-state index contributed by atoms with van der Waals surface area (Å²) in [6, 6.07) is 0. The van der Waals surface area contributed by atoms with Crippen LogP contribution in [-0.4, -0.2) is 22.5 Å². The molecule has 0 aromatic rings. The second-order valence-corrected chi connectivity index (χ2v) is 4.54. The summed E-state index contributed by atoms with van der Waals surface area (Å²) < 4.78 is 0. The van der Waals surface area contributed by atoms with E-state index in [0.29, 0.717) is 18.8 Å². The van der Waals surface area contributed by atoms with Crippen molar-refractivity contribution in [1.82, 2.24) is 5.32 Å². The number of carboxylic acids is 1.